The first-order valence-corrected chi connectivity index (χ1v) is 11.2. The number of benzene rings is 1. The van der Waals surface area contributed by atoms with Crippen molar-refractivity contribution in [3.63, 3.8) is 0 Å². The number of carbonyl (C=O) groups is 1. The Morgan fingerprint density at radius 1 is 1.32 bits per heavy atom. The summed E-state index contributed by atoms with van der Waals surface area (Å²) in [5, 5.41) is 24.4. The predicted molar refractivity (Wildman–Crippen MR) is 127 cm³/mol. The number of nitrogens with two attached hydrogens (primary N) is 1. The third-order valence-electron chi connectivity index (χ3n) is 6.73. The van der Waals surface area contributed by atoms with Gasteiger partial charge in [-0.3, -0.25) is 4.90 Å². The largest absolute Gasteiger partial charge is 0.474 e. The minimum atomic E-state index is -1.16. The van der Waals surface area contributed by atoms with Crippen LogP contribution in [-0.2, 0) is 0 Å². The molecule has 10 heteroatoms. The molecule has 2 atom stereocenters. The summed E-state index contributed by atoms with van der Waals surface area (Å²) in [6.45, 7) is 4.68. The molecule has 2 aliphatic rings. The second-order valence-corrected chi connectivity index (χ2v) is 9.21. The van der Waals surface area contributed by atoms with Crippen molar-refractivity contribution in [1.82, 2.24) is 9.97 Å². The van der Waals surface area contributed by atoms with Crippen LogP contribution in [0.2, 0.25) is 0 Å². The lowest BCUT2D eigenvalue weighted by atomic mass is 9.97. The van der Waals surface area contributed by atoms with Gasteiger partial charge in [-0.15, -0.1) is 0 Å². The smallest absolute Gasteiger partial charge is 0.413 e. The zero-order valence-corrected chi connectivity index (χ0v) is 18.9. The maximum atomic E-state index is 15.4. The maximum Gasteiger partial charge on any atom is 0.413 e. The van der Waals surface area contributed by atoms with Crippen LogP contribution in [0.1, 0.15) is 31.7 Å². The summed E-state index contributed by atoms with van der Waals surface area (Å²) in [5.74, 6) is 0.0817. The number of ether oxygens (including phenoxy) is 1. The average Bonchev–Trinajstić information content (AvgIpc) is 3.15. The van der Waals surface area contributed by atoms with Gasteiger partial charge in [-0.1, -0.05) is 0 Å². The molecule has 34 heavy (non-hydrogen) atoms. The number of hydrogen-bond acceptors (Lipinski definition) is 7. The maximum absolute atomic E-state index is 15.4. The number of nitrogens with one attached hydrogen (secondary N) is 1. The zero-order chi connectivity index (χ0) is 24.2. The van der Waals surface area contributed by atoms with Crippen molar-refractivity contribution in [2.45, 2.75) is 44.8 Å². The second-order valence-electron chi connectivity index (χ2n) is 9.21. The predicted octanol–water partition coefficient (Wildman–Crippen LogP) is 3.92. The highest BCUT2D eigenvalue weighted by Gasteiger charge is 2.39. The van der Waals surface area contributed by atoms with Crippen molar-refractivity contribution in [1.29, 1.82) is 0 Å². The van der Waals surface area contributed by atoms with Crippen LogP contribution in [0.15, 0.2) is 24.5 Å². The molecule has 0 radical (unpaired) electrons. The van der Waals surface area contributed by atoms with Crippen LogP contribution in [0.25, 0.3) is 21.9 Å². The fourth-order valence-corrected chi connectivity index (χ4v) is 4.96. The molecule has 178 valence electrons. The topological polar surface area (TPSA) is 134 Å². The Kier molecular flexibility index (Phi) is 5.20. The Hall–Kier alpha value is -3.66. The fourth-order valence-electron chi connectivity index (χ4n) is 4.96. The summed E-state index contributed by atoms with van der Waals surface area (Å²) >= 11 is 0. The molecular weight excluding hydrogens is 441 g/mol. The van der Waals surface area contributed by atoms with Gasteiger partial charge in [0.15, 0.2) is 5.82 Å². The molecule has 5 rings (SSSR count). The molecular formula is C24H26FN5O4. The normalized spacial score (nSPS) is 21.6. The number of aromatic nitrogens is 2. The number of amides is 1. The summed E-state index contributed by atoms with van der Waals surface area (Å²) in [5.41, 5.74) is 7.45. The monoisotopic (exact) mass is 467 g/mol. The number of hydrogen-bond donors (Lipinski definition) is 4. The SMILES string of the molecule is Cc1c(-c2cc3cc(N(C(=O)O)C4CCC(C)(O)C4)ncc3c(N)c2F)cnc2c1NCCO2. The molecule has 1 amide bonds. The van der Waals surface area contributed by atoms with Gasteiger partial charge in [0, 0.05) is 41.5 Å². The number of pyridine rings is 2. The zero-order valence-electron chi connectivity index (χ0n) is 18.9. The van der Waals surface area contributed by atoms with Crippen LogP contribution in [0, 0.1) is 12.7 Å². The third kappa shape index (κ3) is 3.63. The Labute approximate surface area is 195 Å². The van der Waals surface area contributed by atoms with E-state index in [1.807, 2.05) is 6.92 Å². The number of rotatable bonds is 3. The van der Waals surface area contributed by atoms with Crippen LogP contribution in [0.5, 0.6) is 5.88 Å². The van der Waals surface area contributed by atoms with Gasteiger partial charge in [0.05, 0.1) is 11.3 Å². The lowest BCUT2D eigenvalue weighted by Gasteiger charge is -2.26. The summed E-state index contributed by atoms with van der Waals surface area (Å²) in [4.78, 5) is 21.9. The first-order valence-electron chi connectivity index (χ1n) is 11.2. The van der Waals surface area contributed by atoms with Crippen LogP contribution in [0.3, 0.4) is 0 Å². The van der Waals surface area contributed by atoms with Gasteiger partial charge in [0.2, 0.25) is 5.88 Å². The van der Waals surface area contributed by atoms with Crippen molar-refractivity contribution >= 4 is 34.1 Å². The first kappa shape index (κ1) is 22.1. The summed E-state index contributed by atoms with van der Waals surface area (Å²) in [6.07, 6.45) is 3.11. The summed E-state index contributed by atoms with van der Waals surface area (Å²) in [7, 11) is 0. The van der Waals surface area contributed by atoms with Crippen LogP contribution in [-0.4, -0.2) is 51.1 Å². The average molecular weight is 468 g/mol. The van der Waals surface area contributed by atoms with E-state index in [-0.39, 0.29) is 17.1 Å². The van der Waals surface area contributed by atoms with Crippen molar-refractivity contribution in [2.75, 3.05) is 29.1 Å². The lowest BCUT2D eigenvalue weighted by molar-refractivity contribution is 0.0664. The number of nitrogen functional groups attached to an aromatic ring is 1. The number of aliphatic hydroxyl groups is 1. The molecule has 5 N–H and O–H groups in total. The van der Waals surface area contributed by atoms with E-state index in [0.29, 0.717) is 60.3 Å². The van der Waals surface area contributed by atoms with Gasteiger partial charge in [-0.05, 0) is 56.2 Å². The molecule has 1 aliphatic heterocycles. The molecule has 0 saturated heterocycles. The van der Waals surface area contributed by atoms with Gasteiger partial charge in [0.25, 0.3) is 0 Å². The first-order chi connectivity index (χ1) is 16.2. The van der Waals surface area contributed by atoms with Crippen LogP contribution >= 0.6 is 0 Å². The Morgan fingerprint density at radius 2 is 2.12 bits per heavy atom. The van der Waals surface area contributed by atoms with E-state index in [1.165, 1.54) is 11.1 Å². The quantitative estimate of drug-likeness (QED) is 0.426. The van der Waals surface area contributed by atoms with Gasteiger partial charge < -0.3 is 26.0 Å². The standard InChI is InChI=1S/C24H26FN5O4/c1-12-16(10-29-22-21(12)27-5-6-34-22)15-7-13-8-18(28-11-17(13)20(26)19(15)25)30(23(31)32)14-3-4-24(2,33)9-14/h7-8,10-11,14,27,33H,3-6,9,26H2,1-2H3,(H,31,32). The van der Waals surface area contributed by atoms with Gasteiger partial charge >= 0.3 is 6.09 Å². The number of anilines is 3. The van der Waals surface area contributed by atoms with Gasteiger partial charge in [-0.2, -0.15) is 0 Å². The molecule has 1 aromatic carbocycles. The van der Waals surface area contributed by atoms with Gasteiger partial charge in [0.1, 0.15) is 18.1 Å². The third-order valence-corrected chi connectivity index (χ3v) is 6.73. The van der Waals surface area contributed by atoms with Crippen LogP contribution < -0.4 is 20.7 Å². The minimum Gasteiger partial charge on any atom is -0.474 e. The second kappa shape index (κ2) is 7.98. The molecule has 9 nitrogen and oxygen atoms in total. The molecule has 2 aromatic heterocycles. The fraction of sp³-hybridized carbons (Fsp3) is 0.375. The number of carboxylic acid groups (broad SMARTS) is 1. The van der Waals surface area contributed by atoms with Gasteiger partial charge in [-0.25, -0.2) is 19.2 Å². The molecule has 2 unspecified atom stereocenters. The van der Waals surface area contributed by atoms with E-state index in [0.717, 1.165) is 5.56 Å². The number of halogens is 1. The highest BCUT2D eigenvalue weighted by Crippen LogP contribution is 2.40. The minimum absolute atomic E-state index is 0.0708. The molecule has 1 fully saturated rings. The Morgan fingerprint density at radius 3 is 2.82 bits per heavy atom. The van der Waals surface area contributed by atoms with Crippen molar-refractivity contribution < 1.29 is 24.1 Å². The summed E-state index contributed by atoms with van der Waals surface area (Å²) in [6, 6.07) is 2.82. The molecule has 0 spiro atoms. The van der Waals surface area contributed by atoms with Crippen LogP contribution in [0.4, 0.5) is 26.4 Å². The van der Waals surface area contributed by atoms with E-state index in [9.17, 15) is 15.0 Å². The van der Waals surface area contributed by atoms with Crippen molar-refractivity contribution in [3.05, 3.63) is 35.9 Å². The number of fused-ring (bicyclic) bond motifs is 2. The molecule has 0 bridgehead atoms. The Bertz CT molecular complexity index is 1310. The van der Waals surface area contributed by atoms with E-state index in [1.54, 1.807) is 25.3 Å². The molecule has 1 saturated carbocycles. The highest BCUT2D eigenvalue weighted by molar-refractivity contribution is 5.99. The summed E-state index contributed by atoms with van der Waals surface area (Å²) < 4.78 is 21.0. The molecule has 3 heterocycles. The van der Waals surface area contributed by atoms with Crippen molar-refractivity contribution in [3.8, 4) is 17.0 Å². The van der Waals surface area contributed by atoms with E-state index in [4.69, 9.17) is 10.5 Å². The number of nitrogens with zero attached hydrogens (tertiary/aromatic N) is 3. The van der Waals surface area contributed by atoms with E-state index >= 15 is 4.39 Å². The van der Waals surface area contributed by atoms with E-state index in [2.05, 4.69) is 15.3 Å². The van der Waals surface area contributed by atoms with Crippen molar-refractivity contribution in [2.24, 2.45) is 0 Å². The highest BCUT2D eigenvalue weighted by atomic mass is 19.1. The lowest BCUT2D eigenvalue weighted by Crippen LogP contribution is -2.39. The molecule has 1 aliphatic carbocycles. The molecule has 3 aromatic rings. The van der Waals surface area contributed by atoms with E-state index < -0.39 is 23.6 Å². The Balaban J connectivity index is 1.62.